The van der Waals surface area contributed by atoms with Crippen LogP contribution < -0.4 is 5.32 Å². The predicted octanol–water partition coefficient (Wildman–Crippen LogP) is 3.13. The van der Waals surface area contributed by atoms with E-state index in [4.69, 9.17) is 0 Å². The summed E-state index contributed by atoms with van der Waals surface area (Å²) in [6.45, 7) is -0.609. The molecule has 0 fully saturated rings. The average molecular weight is 433 g/mol. The maximum Gasteiger partial charge on any atom is 0.239 e. The molecule has 25 heavy (non-hydrogen) atoms. The number of carbonyl (C=O) groups is 1. The number of carbonyl (C=O) groups excluding carboxylic acids is 1. The van der Waals surface area contributed by atoms with Gasteiger partial charge in [0.15, 0.2) is 0 Å². The summed E-state index contributed by atoms with van der Waals surface area (Å²) in [4.78, 5) is 12.1. The van der Waals surface area contributed by atoms with Gasteiger partial charge in [0.2, 0.25) is 15.9 Å². The Kier molecular flexibility index (Phi) is 6.26. The van der Waals surface area contributed by atoms with Crippen molar-refractivity contribution in [3.63, 3.8) is 0 Å². The van der Waals surface area contributed by atoms with E-state index in [-0.39, 0.29) is 6.54 Å². The van der Waals surface area contributed by atoms with Crippen molar-refractivity contribution in [3.05, 3.63) is 64.1 Å². The number of nitrogens with one attached hydrogen (secondary N) is 1. The molecule has 2 aromatic carbocycles. The summed E-state index contributed by atoms with van der Waals surface area (Å²) < 4.78 is 52.7. The van der Waals surface area contributed by atoms with Gasteiger partial charge in [-0.1, -0.05) is 34.1 Å². The van der Waals surface area contributed by atoms with E-state index in [1.165, 1.54) is 0 Å². The zero-order chi connectivity index (χ0) is 18.6. The van der Waals surface area contributed by atoms with Crippen molar-refractivity contribution in [1.82, 2.24) is 4.31 Å². The van der Waals surface area contributed by atoms with Crippen molar-refractivity contribution in [2.75, 3.05) is 18.1 Å². The molecule has 134 valence electrons. The number of benzene rings is 2. The number of amides is 1. The molecule has 1 N–H and O–H groups in total. The van der Waals surface area contributed by atoms with Crippen molar-refractivity contribution in [3.8, 4) is 0 Å². The lowest BCUT2D eigenvalue weighted by Crippen LogP contribution is -2.37. The van der Waals surface area contributed by atoms with E-state index in [0.717, 1.165) is 33.2 Å². The van der Waals surface area contributed by atoms with E-state index >= 15 is 0 Å². The highest BCUT2D eigenvalue weighted by molar-refractivity contribution is 9.10. The second kappa shape index (κ2) is 8.03. The van der Waals surface area contributed by atoms with Gasteiger partial charge in [-0.2, -0.15) is 4.31 Å². The highest BCUT2D eigenvalue weighted by Gasteiger charge is 2.22. The summed E-state index contributed by atoms with van der Waals surface area (Å²) in [6.07, 6.45) is 0.961. The zero-order valence-electron chi connectivity index (χ0n) is 13.2. The van der Waals surface area contributed by atoms with Crippen LogP contribution in [-0.2, 0) is 21.4 Å². The molecule has 0 unspecified atom stereocenters. The molecule has 0 radical (unpaired) electrons. The normalized spacial score (nSPS) is 11.6. The third kappa shape index (κ3) is 5.58. The summed E-state index contributed by atoms with van der Waals surface area (Å²) in [5.74, 6) is -2.72. The Labute approximate surface area is 152 Å². The van der Waals surface area contributed by atoms with Gasteiger partial charge >= 0.3 is 0 Å². The summed E-state index contributed by atoms with van der Waals surface area (Å²) in [5.41, 5.74) is 0.0584. The molecule has 1 amide bonds. The van der Waals surface area contributed by atoms with Crippen molar-refractivity contribution in [1.29, 1.82) is 0 Å². The fourth-order valence-electron chi connectivity index (χ4n) is 2.04. The van der Waals surface area contributed by atoms with Gasteiger partial charge in [0.25, 0.3) is 0 Å². The minimum absolute atomic E-state index is 0.0424. The number of halogens is 3. The van der Waals surface area contributed by atoms with E-state index in [2.05, 4.69) is 21.2 Å². The van der Waals surface area contributed by atoms with E-state index in [0.29, 0.717) is 5.56 Å². The van der Waals surface area contributed by atoms with Gasteiger partial charge in [0, 0.05) is 11.0 Å². The number of hydrogen-bond donors (Lipinski definition) is 1. The lowest BCUT2D eigenvalue weighted by molar-refractivity contribution is -0.116. The average Bonchev–Trinajstić information content (AvgIpc) is 2.51. The molecule has 2 aromatic rings. The van der Waals surface area contributed by atoms with Crippen LogP contribution in [0.2, 0.25) is 0 Å². The van der Waals surface area contributed by atoms with Gasteiger partial charge < -0.3 is 5.32 Å². The first-order valence-corrected chi connectivity index (χ1v) is 9.74. The zero-order valence-corrected chi connectivity index (χ0v) is 15.6. The van der Waals surface area contributed by atoms with Crippen LogP contribution in [-0.4, -0.2) is 31.4 Å². The molecule has 5 nitrogen and oxygen atoms in total. The fourth-order valence-corrected chi connectivity index (χ4v) is 3.04. The minimum Gasteiger partial charge on any atom is -0.320 e. The first kappa shape index (κ1) is 19.5. The van der Waals surface area contributed by atoms with E-state index in [1.54, 1.807) is 24.3 Å². The van der Waals surface area contributed by atoms with Gasteiger partial charge in [-0.05, 0) is 29.8 Å². The topological polar surface area (TPSA) is 66.5 Å². The van der Waals surface area contributed by atoms with Crippen LogP contribution in [0.5, 0.6) is 0 Å². The van der Waals surface area contributed by atoms with Crippen molar-refractivity contribution < 1.29 is 22.0 Å². The fraction of sp³-hybridized carbons (Fsp3) is 0.188. The summed E-state index contributed by atoms with van der Waals surface area (Å²) in [5, 5.41) is 2.07. The summed E-state index contributed by atoms with van der Waals surface area (Å²) >= 11 is 3.28. The number of rotatable bonds is 6. The number of para-hydroxylation sites is 1. The molecule has 0 saturated heterocycles. The number of hydrogen-bond acceptors (Lipinski definition) is 3. The van der Waals surface area contributed by atoms with Crippen LogP contribution >= 0.6 is 15.9 Å². The Morgan fingerprint density at radius 1 is 1.12 bits per heavy atom. The van der Waals surface area contributed by atoms with Gasteiger partial charge in [-0.3, -0.25) is 4.79 Å². The standard InChI is InChI=1S/C16H15BrF2N2O3S/c1-25(23,24)21(9-11-5-7-12(17)8-6-11)10-15(22)20-16-13(18)3-2-4-14(16)19/h2-8H,9-10H2,1H3,(H,20,22). The predicted molar refractivity (Wildman–Crippen MR) is 94.4 cm³/mol. The molecule has 2 rings (SSSR count). The lowest BCUT2D eigenvalue weighted by Gasteiger charge is -2.20. The third-order valence-electron chi connectivity index (χ3n) is 3.29. The maximum atomic E-state index is 13.6. The van der Waals surface area contributed by atoms with Crippen LogP contribution in [0.4, 0.5) is 14.5 Å². The maximum absolute atomic E-state index is 13.6. The van der Waals surface area contributed by atoms with Crippen LogP contribution in [0.1, 0.15) is 5.56 Å². The molecule has 0 aliphatic rings. The Morgan fingerprint density at radius 2 is 1.68 bits per heavy atom. The van der Waals surface area contributed by atoms with Crippen molar-refractivity contribution in [2.45, 2.75) is 6.54 Å². The first-order valence-electron chi connectivity index (χ1n) is 7.10. The largest absolute Gasteiger partial charge is 0.320 e. The second-order valence-electron chi connectivity index (χ2n) is 5.30. The van der Waals surface area contributed by atoms with E-state index in [1.807, 2.05) is 0 Å². The van der Waals surface area contributed by atoms with Gasteiger partial charge in [-0.25, -0.2) is 17.2 Å². The second-order valence-corrected chi connectivity index (χ2v) is 8.20. The molecule has 0 atom stereocenters. The smallest absolute Gasteiger partial charge is 0.239 e. The van der Waals surface area contributed by atoms with Crippen LogP contribution in [0.15, 0.2) is 46.9 Å². The Bertz CT molecular complexity index is 853. The molecule has 0 aromatic heterocycles. The van der Waals surface area contributed by atoms with E-state index < -0.39 is 39.8 Å². The van der Waals surface area contributed by atoms with Crippen LogP contribution in [0, 0.1) is 11.6 Å². The Hall–Kier alpha value is -1.84. The first-order chi connectivity index (χ1) is 11.7. The molecular formula is C16H15BrF2N2O3S. The van der Waals surface area contributed by atoms with Crippen molar-refractivity contribution in [2.24, 2.45) is 0 Å². The monoisotopic (exact) mass is 432 g/mol. The van der Waals surface area contributed by atoms with Gasteiger partial charge in [0.05, 0.1) is 12.8 Å². The van der Waals surface area contributed by atoms with Gasteiger partial charge in [0.1, 0.15) is 17.3 Å². The summed E-state index contributed by atoms with van der Waals surface area (Å²) in [7, 11) is -3.71. The Balaban J connectivity index is 2.14. The molecule has 9 heteroatoms. The molecule has 0 aliphatic heterocycles. The van der Waals surface area contributed by atoms with Gasteiger partial charge in [-0.15, -0.1) is 0 Å². The molecule has 0 saturated carbocycles. The number of sulfonamides is 1. The highest BCUT2D eigenvalue weighted by Crippen LogP contribution is 2.18. The molecular weight excluding hydrogens is 418 g/mol. The van der Waals surface area contributed by atoms with E-state index in [9.17, 15) is 22.0 Å². The highest BCUT2D eigenvalue weighted by atomic mass is 79.9. The molecule has 0 heterocycles. The quantitative estimate of drug-likeness (QED) is 0.762. The molecule has 0 bridgehead atoms. The van der Waals surface area contributed by atoms with Crippen LogP contribution in [0.25, 0.3) is 0 Å². The number of nitrogens with zero attached hydrogens (tertiary/aromatic N) is 1. The molecule has 0 spiro atoms. The SMILES string of the molecule is CS(=O)(=O)N(CC(=O)Nc1c(F)cccc1F)Cc1ccc(Br)cc1. The Morgan fingerprint density at radius 3 is 2.20 bits per heavy atom. The summed E-state index contributed by atoms with van der Waals surface area (Å²) in [6, 6.07) is 10.0. The van der Waals surface area contributed by atoms with Crippen LogP contribution in [0.3, 0.4) is 0 Å². The number of anilines is 1. The van der Waals surface area contributed by atoms with Crippen molar-refractivity contribution >= 4 is 37.5 Å². The minimum atomic E-state index is -3.71. The molecule has 0 aliphatic carbocycles. The third-order valence-corrected chi connectivity index (χ3v) is 5.01. The lowest BCUT2D eigenvalue weighted by atomic mass is 10.2.